The van der Waals surface area contributed by atoms with E-state index in [0.717, 1.165) is 38.8 Å². The SMILES string of the molecule is O=C(OC1CN2CCC1CC2)OC1CN2CCC1CC2. The summed E-state index contributed by atoms with van der Waals surface area (Å²) in [6.07, 6.45) is 4.35. The molecule has 20 heavy (non-hydrogen) atoms. The van der Waals surface area contributed by atoms with Gasteiger partial charge in [-0.05, 0) is 63.7 Å². The molecule has 0 radical (unpaired) electrons. The Kier molecular flexibility index (Phi) is 3.34. The van der Waals surface area contributed by atoms with Gasteiger partial charge in [-0.2, -0.15) is 0 Å². The average molecular weight is 280 g/mol. The standard InChI is InChI=1S/C15H24N2O3/c18-15(19-13-9-16-5-1-11(13)2-6-16)20-14-10-17-7-3-12(14)4-8-17/h11-14H,1-10H2. The quantitative estimate of drug-likeness (QED) is 0.714. The first-order valence-electron chi connectivity index (χ1n) is 8.10. The highest BCUT2D eigenvalue weighted by molar-refractivity contribution is 5.60. The van der Waals surface area contributed by atoms with Crippen molar-refractivity contribution in [3.05, 3.63) is 0 Å². The molecular formula is C15H24N2O3. The maximum absolute atomic E-state index is 12.1. The first kappa shape index (κ1) is 12.9. The lowest BCUT2D eigenvalue weighted by atomic mass is 9.86. The van der Waals surface area contributed by atoms with Crippen molar-refractivity contribution in [1.29, 1.82) is 0 Å². The minimum absolute atomic E-state index is 0.0612. The van der Waals surface area contributed by atoms with Crippen LogP contribution in [0, 0.1) is 11.8 Å². The minimum Gasteiger partial charge on any atom is -0.429 e. The first-order chi connectivity index (χ1) is 9.78. The molecule has 0 aromatic carbocycles. The van der Waals surface area contributed by atoms with E-state index in [1.165, 1.54) is 26.2 Å². The molecule has 0 aromatic rings. The molecule has 6 fully saturated rings. The molecule has 6 saturated heterocycles. The van der Waals surface area contributed by atoms with Crippen molar-refractivity contribution in [1.82, 2.24) is 9.80 Å². The van der Waals surface area contributed by atoms with E-state index in [1.807, 2.05) is 0 Å². The van der Waals surface area contributed by atoms with Crippen LogP contribution in [0.4, 0.5) is 4.79 Å². The number of ether oxygens (including phenoxy) is 2. The van der Waals surface area contributed by atoms with Gasteiger partial charge in [-0.1, -0.05) is 0 Å². The smallest absolute Gasteiger partial charge is 0.429 e. The van der Waals surface area contributed by atoms with E-state index in [-0.39, 0.29) is 12.2 Å². The van der Waals surface area contributed by atoms with Crippen LogP contribution in [-0.4, -0.2) is 67.4 Å². The lowest BCUT2D eigenvalue weighted by Crippen LogP contribution is -2.54. The van der Waals surface area contributed by atoms with Gasteiger partial charge < -0.3 is 9.47 Å². The fourth-order valence-electron chi connectivity index (χ4n) is 4.36. The zero-order valence-electron chi connectivity index (χ0n) is 12.0. The summed E-state index contributed by atoms with van der Waals surface area (Å²) in [6.45, 7) is 6.47. The molecule has 0 saturated carbocycles. The lowest BCUT2D eigenvalue weighted by molar-refractivity contribution is -0.0937. The summed E-state index contributed by atoms with van der Waals surface area (Å²) in [7, 11) is 0. The van der Waals surface area contributed by atoms with Gasteiger partial charge in [-0.3, -0.25) is 9.80 Å². The number of hydrogen-bond acceptors (Lipinski definition) is 5. The van der Waals surface area contributed by atoms with Gasteiger partial charge in [0.1, 0.15) is 12.2 Å². The summed E-state index contributed by atoms with van der Waals surface area (Å²) < 4.78 is 11.2. The van der Waals surface area contributed by atoms with E-state index in [2.05, 4.69) is 9.80 Å². The van der Waals surface area contributed by atoms with Crippen molar-refractivity contribution in [2.75, 3.05) is 39.3 Å². The largest absolute Gasteiger partial charge is 0.508 e. The van der Waals surface area contributed by atoms with Gasteiger partial charge in [0.25, 0.3) is 0 Å². The molecule has 0 spiro atoms. The molecular weight excluding hydrogens is 256 g/mol. The highest BCUT2D eigenvalue weighted by atomic mass is 16.7. The van der Waals surface area contributed by atoms with Crippen LogP contribution in [0.3, 0.4) is 0 Å². The van der Waals surface area contributed by atoms with E-state index < -0.39 is 6.16 Å². The van der Waals surface area contributed by atoms with Crippen LogP contribution < -0.4 is 0 Å². The molecule has 6 aliphatic heterocycles. The summed E-state index contributed by atoms with van der Waals surface area (Å²) in [6, 6.07) is 0. The van der Waals surface area contributed by atoms with Crippen LogP contribution in [0.1, 0.15) is 25.7 Å². The second kappa shape index (κ2) is 5.19. The molecule has 4 bridgehead atoms. The summed E-state index contributed by atoms with van der Waals surface area (Å²) in [5.41, 5.74) is 0. The number of piperidine rings is 6. The molecule has 6 rings (SSSR count). The number of carbonyl (C=O) groups is 1. The monoisotopic (exact) mass is 280 g/mol. The van der Waals surface area contributed by atoms with E-state index >= 15 is 0 Å². The van der Waals surface area contributed by atoms with Crippen LogP contribution >= 0.6 is 0 Å². The Bertz CT molecular complexity index is 339. The lowest BCUT2D eigenvalue weighted by Gasteiger charge is -2.45. The van der Waals surface area contributed by atoms with Gasteiger partial charge in [-0.25, -0.2) is 4.79 Å². The Morgan fingerprint density at radius 1 is 0.750 bits per heavy atom. The Hall–Kier alpha value is -0.810. The van der Waals surface area contributed by atoms with Crippen molar-refractivity contribution in [3.8, 4) is 0 Å². The van der Waals surface area contributed by atoms with Gasteiger partial charge in [0.15, 0.2) is 0 Å². The van der Waals surface area contributed by atoms with E-state index in [9.17, 15) is 4.79 Å². The minimum atomic E-state index is -0.428. The van der Waals surface area contributed by atoms with E-state index in [4.69, 9.17) is 9.47 Å². The molecule has 2 unspecified atom stereocenters. The summed E-state index contributed by atoms with van der Waals surface area (Å²) in [5.74, 6) is 1.11. The third-order valence-electron chi connectivity index (χ3n) is 5.69. The van der Waals surface area contributed by atoms with Gasteiger partial charge in [-0.15, -0.1) is 0 Å². The van der Waals surface area contributed by atoms with Crippen molar-refractivity contribution >= 4 is 6.16 Å². The average Bonchev–Trinajstić information content (AvgIpc) is 2.49. The maximum Gasteiger partial charge on any atom is 0.508 e. The third kappa shape index (κ3) is 2.42. The Balaban J connectivity index is 1.30. The predicted molar refractivity (Wildman–Crippen MR) is 73.5 cm³/mol. The third-order valence-corrected chi connectivity index (χ3v) is 5.69. The summed E-state index contributed by atoms with van der Waals surface area (Å²) in [4.78, 5) is 16.8. The van der Waals surface area contributed by atoms with Crippen molar-refractivity contribution in [2.45, 2.75) is 37.9 Å². The molecule has 6 aliphatic rings. The fourth-order valence-corrected chi connectivity index (χ4v) is 4.36. The Labute approximate surface area is 120 Å². The van der Waals surface area contributed by atoms with Crippen LogP contribution in [0.2, 0.25) is 0 Å². The molecule has 0 aromatic heterocycles. The van der Waals surface area contributed by atoms with Crippen LogP contribution in [-0.2, 0) is 9.47 Å². The van der Waals surface area contributed by atoms with E-state index in [0.29, 0.717) is 11.8 Å². The molecule has 112 valence electrons. The highest BCUT2D eigenvalue weighted by Gasteiger charge is 2.39. The molecule has 0 aliphatic carbocycles. The van der Waals surface area contributed by atoms with Gasteiger partial charge in [0.05, 0.1) is 0 Å². The molecule has 5 heteroatoms. The molecule has 6 heterocycles. The zero-order chi connectivity index (χ0) is 13.5. The van der Waals surface area contributed by atoms with Crippen LogP contribution in [0.15, 0.2) is 0 Å². The maximum atomic E-state index is 12.1. The number of nitrogens with zero attached hydrogens (tertiary/aromatic N) is 2. The topological polar surface area (TPSA) is 42.0 Å². The molecule has 2 atom stereocenters. The second-order valence-electron chi connectivity index (χ2n) is 6.84. The first-order valence-corrected chi connectivity index (χ1v) is 8.10. The van der Waals surface area contributed by atoms with Crippen molar-refractivity contribution in [2.24, 2.45) is 11.8 Å². The summed E-state index contributed by atoms with van der Waals surface area (Å²) in [5, 5.41) is 0. The highest BCUT2D eigenvalue weighted by Crippen LogP contribution is 2.32. The number of carbonyl (C=O) groups excluding carboxylic acids is 1. The Morgan fingerprint density at radius 2 is 1.15 bits per heavy atom. The normalized spacial score (nSPS) is 46.2. The zero-order valence-corrected chi connectivity index (χ0v) is 12.0. The van der Waals surface area contributed by atoms with Crippen molar-refractivity contribution in [3.63, 3.8) is 0 Å². The van der Waals surface area contributed by atoms with Gasteiger partial charge in [0, 0.05) is 13.1 Å². The summed E-state index contributed by atoms with van der Waals surface area (Å²) >= 11 is 0. The van der Waals surface area contributed by atoms with Gasteiger partial charge in [0.2, 0.25) is 0 Å². The molecule has 0 amide bonds. The number of fused-ring (bicyclic) bond motifs is 6. The number of hydrogen-bond donors (Lipinski definition) is 0. The predicted octanol–water partition coefficient (Wildman–Crippen LogP) is 1.33. The van der Waals surface area contributed by atoms with Crippen LogP contribution in [0.25, 0.3) is 0 Å². The number of rotatable bonds is 2. The van der Waals surface area contributed by atoms with E-state index in [1.54, 1.807) is 0 Å². The fraction of sp³-hybridized carbons (Fsp3) is 0.933. The second-order valence-corrected chi connectivity index (χ2v) is 6.84. The van der Waals surface area contributed by atoms with Crippen molar-refractivity contribution < 1.29 is 14.3 Å². The Morgan fingerprint density at radius 3 is 1.45 bits per heavy atom. The molecule has 5 nitrogen and oxygen atoms in total. The molecule has 0 N–H and O–H groups in total. The van der Waals surface area contributed by atoms with Crippen LogP contribution in [0.5, 0.6) is 0 Å². The van der Waals surface area contributed by atoms with Gasteiger partial charge >= 0.3 is 6.16 Å².